The van der Waals surface area contributed by atoms with Gasteiger partial charge < -0.3 is 14.4 Å². The van der Waals surface area contributed by atoms with E-state index in [1.807, 2.05) is 0 Å². The molecule has 1 saturated heterocycles. The summed E-state index contributed by atoms with van der Waals surface area (Å²) < 4.78 is 11.0. The minimum Gasteiger partial charge on any atom is -0.493 e. The Morgan fingerprint density at radius 3 is 2.38 bits per heavy atom. The zero-order chi connectivity index (χ0) is 18.3. The van der Waals surface area contributed by atoms with Crippen LogP contribution in [0.4, 0.5) is 5.69 Å². The van der Waals surface area contributed by atoms with Crippen molar-refractivity contribution in [1.82, 2.24) is 10.2 Å². The van der Waals surface area contributed by atoms with Gasteiger partial charge in [-0.25, -0.2) is 0 Å². The first-order chi connectivity index (χ1) is 12.6. The van der Waals surface area contributed by atoms with Crippen molar-refractivity contribution in [3.63, 3.8) is 0 Å². The second kappa shape index (κ2) is 6.82. The molecule has 1 fully saturated rings. The highest BCUT2D eigenvalue weighted by Crippen LogP contribution is 2.43. The Kier molecular flexibility index (Phi) is 4.51. The number of benzene rings is 2. The molecular formula is C21H27N3O2. The maximum Gasteiger partial charge on any atom is 0.161 e. The van der Waals surface area contributed by atoms with Crippen LogP contribution in [0.2, 0.25) is 0 Å². The summed E-state index contributed by atoms with van der Waals surface area (Å²) >= 11 is 0. The molecule has 0 spiro atoms. The number of methoxy groups -OCH3 is 2. The van der Waals surface area contributed by atoms with Gasteiger partial charge in [-0.05, 0) is 47.4 Å². The summed E-state index contributed by atoms with van der Waals surface area (Å²) in [7, 11) is 7.54. The zero-order valence-corrected chi connectivity index (χ0v) is 16.0. The van der Waals surface area contributed by atoms with Crippen molar-refractivity contribution in [2.45, 2.75) is 18.6 Å². The molecule has 0 bridgehead atoms. The van der Waals surface area contributed by atoms with E-state index in [0.29, 0.717) is 6.04 Å². The molecule has 138 valence electrons. The highest BCUT2D eigenvalue weighted by molar-refractivity contribution is 5.50. The average Bonchev–Trinajstić information content (AvgIpc) is 3.11. The largest absolute Gasteiger partial charge is 0.493 e. The van der Waals surface area contributed by atoms with E-state index in [9.17, 15) is 0 Å². The highest BCUT2D eigenvalue weighted by Gasteiger charge is 2.38. The van der Waals surface area contributed by atoms with E-state index in [2.05, 4.69) is 65.6 Å². The van der Waals surface area contributed by atoms with Crippen molar-refractivity contribution >= 4 is 5.69 Å². The molecule has 0 aliphatic carbocycles. The predicted molar refractivity (Wildman–Crippen MR) is 104 cm³/mol. The lowest BCUT2D eigenvalue weighted by atomic mass is 9.92. The Morgan fingerprint density at radius 2 is 1.73 bits per heavy atom. The molecule has 0 aromatic heterocycles. The number of hydrogen-bond donors (Lipinski definition) is 1. The van der Waals surface area contributed by atoms with Gasteiger partial charge in [0.05, 0.1) is 20.4 Å². The van der Waals surface area contributed by atoms with Crippen molar-refractivity contribution < 1.29 is 9.47 Å². The van der Waals surface area contributed by atoms with E-state index < -0.39 is 0 Å². The van der Waals surface area contributed by atoms with Gasteiger partial charge in [0.1, 0.15) is 0 Å². The maximum atomic E-state index is 5.53. The molecule has 4 rings (SSSR count). The molecule has 5 nitrogen and oxygen atoms in total. The van der Waals surface area contributed by atoms with E-state index in [0.717, 1.165) is 31.0 Å². The molecule has 0 radical (unpaired) electrons. The van der Waals surface area contributed by atoms with Gasteiger partial charge in [-0.2, -0.15) is 0 Å². The fourth-order valence-corrected chi connectivity index (χ4v) is 4.19. The first-order valence-corrected chi connectivity index (χ1v) is 9.13. The van der Waals surface area contributed by atoms with E-state index in [1.165, 1.54) is 22.4 Å². The summed E-state index contributed by atoms with van der Waals surface area (Å²) in [6.45, 7) is 1.99. The number of anilines is 1. The van der Waals surface area contributed by atoms with Crippen LogP contribution in [0.15, 0.2) is 36.4 Å². The van der Waals surface area contributed by atoms with Gasteiger partial charge in [0.25, 0.3) is 0 Å². The number of nitrogens with one attached hydrogen (secondary N) is 1. The first-order valence-electron chi connectivity index (χ1n) is 9.13. The van der Waals surface area contributed by atoms with E-state index in [-0.39, 0.29) is 6.17 Å². The molecule has 2 atom stereocenters. The van der Waals surface area contributed by atoms with Crippen LogP contribution >= 0.6 is 0 Å². The van der Waals surface area contributed by atoms with Crippen LogP contribution in [0, 0.1) is 0 Å². The van der Waals surface area contributed by atoms with Crippen molar-refractivity contribution in [3.05, 3.63) is 53.1 Å². The molecule has 0 saturated carbocycles. The molecule has 0 amide bonds. The number of hydrogen-bond acceptors (Lipinski definition) is 5. The Balaban J connectivity index is 1.63. The summed E-state index contributed by atoms with van der Waals surface area (Å²) in [4.78, 5) is 4.70. The summed E-state index contributed by atoms with van der Waals surface area (Å²) in [5.74, 6) is 1.63. The fourth-order valence-electron chi connectivity index (χ4n) is 4.19. The minimum absolute atomic E-state index is 0.262. The Labute approximate surface area is 155 Å². The molecule has 2 aliphatic rings. The van der Waals surface area contributed by atoms with Crippen molar-refractivity contribution in [3.8, 4) is 11.5 Å². The van der Waals surface area contributed by atoms with Gasteiger partial charge in [0, 0.05) is 38.9 Å². The lowest BCUT2D eigenvalue weighted by Gasteiger charge is -2.35. The first kappa shape index (κ1) is 17.2. The van der Waals surface area contributed by atoms with Crippen LogP contribution in [-0.4, -0.2) is 46.3 Å². The topological polar surface area (TPSA) is 37.0 Å². The van der Waals surface area contributed by atoms with Crippen molar-refractivity contribution in [2.75, 3.05) is 46.3 Å². The number of ether oxygens (including phenoxy) is 2. The maximum absolute atomic E-state index is 5.53. The van der Waals surface area contributed by atoms with Crippen molar-refractivity contribution in [1.29, 1.82) is 0 Å². The zero-order valence-electron chi connectivity index (χ0n) is 16.0. The summed E-state index contributed by atoms with van der Waals surface area (Å²) in [6.07, 6.45) is 1.29. The number of fused-ring (bicyclic) bond motifs is 3. The van der Waals surface area contributed by atoms with Gasteiger partial charge in [0.15, 0.2) is 11.5 Å². The Hall–Kier alpha value is -2.24. The van der Waals surface area contributed by atoms with Gasteiger partial charge in [-0.15, -0.1) is 0 Å². The van der Waals surface area contributed by atoms with E-state index >= 15 is 0 Å². The normalized spacial score (nSPS) is 21.8. The molecule has 26 heavy (non-hydrogen) atoms. The Bertz CT molecular complexity index is 789. The molecule has 0 unspecified atom stereocenters. The predicted octanol–water partition coefficient (Wildman–Crippen LogP) is 2.97. The summed E-state index contributed by atoms with van der Waals surface area (Å²) in [5.41, 5.74) is 5.27. The van der Waals surface area contributed by atoms with Crippen LogP contribution in [-0.2, 0) is 6.42 Å². The SMILES string of the molecule is COc1cc2c(cc1OC)[C@H]1CN[C@@H](c3ccc(N(C)C)cc3)N1CC2. The smallest absolute Gasteiger partial charge is 0.161 e. The summed E-state index contributed by atoms with van der Waals surface area (Å²) in [6, 6.07) is 13.5. The third kappa shape index (κ3) is 2.81. The highest BCUT2D eigenvalue weighted by atomic mass is 16.5. The van der Waals surface area contributed by atoms with Crippen molar-refractivity contribution in [2.24, 2.45) is 0 Å². The van der Waals surface area contributed by atoms with Crippen LogP contribution in [0.3, 0.4) is 0 Å². The molecule has 2 aromatic rings. The lowest BCUT2D eigenvalue weighted by molar-refractivity contribution is 0.180. The third-order valence-corrected chi connectivity index (χ3v) is 5.61. The van der Waals surface area contributed by atoms with Crippen LogP contribution < -0.4 is 19.7 Å². The molecular weight excluding hydrogens is 326 g/mol. The quantitative estimate of drug-likeness (QED) is 0.915. The monoisotopic (exact) mass is 353 g/mol. The standard InChI is InChI=1S/C21H27N3O2/c1-23(2)16-7-5-14(6-8-16)21-22-13-18-17-12-20(26-4)19(25-3)11-15(17)9-10-24(18)21/h5-8,11-12,18,21-22H,9-10,13H2,1-4H3/t18-,21-/m1/s1. The second-order valence-electron chi connectivity index (χ2n) is 7.21. The lowest BCUT2D eigenvalue weighted by Crippen LogP contribution is -2.34. The average molecular weight is 353 g/mol. The minimum atomic E-state index is 0.262. The second-order valence-corrected chi connectivity index (χ2v) is 7.21. The molecule has 2 aromatic carbocycles. The molecule has 2 aliphatic heterocycles. The van der Waals surface area contributed by atoms with Crippen LogP contribution in [0.1, 0.15) is 28.9 Å². The Morgan fingerprint density at radius 1 is 1.04 bits per heavy atom. The van der Waals surface area contributed by atoms with E-state index in [1.54, 1.807) is 14.2 Å². The van der Waals surface area contributed by atoms with Gasteiger partial charge in [-0.3, -0.25) is 10.2 Å². The number of rotatable bonds is 4. The molecule has 5 heteroatoms. The van der Waals surface area contributed by atoms with Crippen LogP contribution in [0.5, 0.6) is 11.5 Å². The van der Waals surface area contributed by atoms with E-state index in [4.69, 9.17) is 9.47 Å². The molecule has 2 heterocycles. The van der Waals surface area contributed by atoms with Gasteiger partial charge in [-0.1, -0.05) is 12.1 Å². The number of nitrogens with zero attached hydrogens (tertiary/aromatic N) is 2. The molecule has 1 N–H and O–H groups in total. The van der Waals surface area contributed by atoms with Gasteiger partial charge >= 0.3 is 0 Å². The summed E-state index contributed by atoms with van der Waals surface area (Å²) in [5, 5.41) is 3.71. The van der Waals surface area contributed by atoms with Gasteiger partial charge in [0.2, 0.25) is 0 Å². The third-order valence-electron chi connectivity index (χ3n) is 5.61. The fraction of sp³-hybridized carbons (Fsp3) is 0.429. The van der Waals surface area contributed by atoms with Crippen LogP contribution in [0.25, 0.3) is 0 Å².